The molecule has 2 heterocycles. The number of alkyl halides is 1. The van der Waals surface area contributed by atoms with Crippen LogP contribution in [0.2, 0.25) is 0 Å². The zero-order valence-corrected chi connectivity index (χ0v) is 25.2. The van der Waals surface area contributed by atoms with Crippen molar-refractivity contribution < 1.29 is 18.7 Å². The van der Waals surface area contributed by atoms with Crippen LogP contribution in [0.1, 0.15) is 67.4 Å². The second-order valence-corrected chi connectivity index (χ2v) is 11.8. The highest BCUT2D eigenvalue weighted by Crippen LogP contribution is 2.30. The van der Waals surface area contributed by atoms with E-state index in [9.17, 15) is 18.8 Å². The quantitative estimate of drug-likeness (QED) is 0.298. The zero-order chi connectivity index (χ0) is 30.4. The Balaban J connectivity index is 1.66. The highest BCUT2D eigenvalue weighted by Gasteiger charge is 2.28. The summed E-state index contributed by atoms with van der Waals surface area (Å²) < 4.78 is 20.2. The van der Waals surface area contributed by atoms with E-state index in [1.54, 1.807) is 12.3 Å². The first-order valence-corrected chi connectivity index (χ1v) is 14.7. The van der Waals surface area contributed by atoms with Gasteiger partial charge in [-0.2, -0.15) is 0 Å². The largest absolute Gasteiger partial charge is 0.469 e. The molecule has 1 fully saturated rings. The number of carbonyl (C=O) groups is 2. The number of halogens is 1. The number of hydrogen-bond donors (Lipinski definition) is 1. The molecule has 224 valence electrons. The number of nitrogens with zero attached hydrogens (tertiary/aromatic N) is 2. The maximum Gasteiger partial charge on any atom is 0.307 e. The van der Waals surface area contributed by atoms with Crippen LogP contribution in [-0.2, 0) is 20.9 Å². The van der Waals surface area contributed by atoms with Crippen molar-refractivity contribution in [3.8, 4) is 11.1 Å². The van der Waals surface area contributed by atoms with Crippen molar-refractivity contribution in [1.29, 1.82) is 0 Å². The average molecular weight is 576 g/mol. The van der Waals surface area contributed by atoms with Crippen LogP contribution in [0.4, 0.5) is 4.39 Å². The lowest BCUT2D eigenvalue weighted by molar-refractivity contribution is -0.141. The molecule has 1 N–H and O–H groups in total. The number of pyridine rings is 1. The predicted octanol–water partition coefficient (Wildman–Crippen LogP) is 5.68. The number of nitrogens with one attached hydrogen (secondary N) is 1. The van der Waals surface area contributed by atoms with Gasteiger partial charge in [0.2, 0.25) is 5.91 Å². The third kappa shape index (κ3) is 7.73. The van der Waals surface area contributed by atoms with Gasteiger partial charge in [0.1, 0.15) is 12.2 Å². The second kappa shape index (κ2) is 13.9. The lowest BCUT2D eigenvalue weighted by Gasteiger charge is -2.26. The predicted molar refractivity (Wildman–Crippen MR) is 163 cm³/mol. The van der Waals surface area contributed by atoms with Crippen LogP contribution >= 0.6 is 0 Å². The van der Waals surface area contributed by atoms with Crippen molar-refractivity contribution in [2.24, 2.45) is 5.92 Å². The van der Waals surface area contributed by atoms with E-state index in [0.717, 1.165) is 33.4 Å². The molecular weight excluding hydrogens is 533 g/mol. The van der Waals surface area contributed by atoms with E-state index in [-0.39, 0.29) is 23.8 Å². The summed E-state index contributed by atoms with van der Waals surface area (Å²) in [6, 6.07) is 15.8. The van der Waals surface area contributed by atoms with Crippen LogP contribution in [0.5, 0.6) is 0 Å². The summed E-state index contributed by atoms with van der Waals surface area (Å²) in [6.45, 7) is 9.65. The van der Waals surface area contributed by atoms with Gasteiger partial charge in [-0.25, -0.2) is 4.39 Å². The minimum atomic E-state index is -0.838. The van der Waals surface area contributed by atoms with Crippen molar-refractivity contribution in [3.05, 3.63) is 93.4 Å². The molecule has 1 aliphatic heterocycles. The van der Waals surface area contributed by atoms with Gasteiger partial charge in [-0.05, 0) is 72.1 Å². The third-order valence-corrected chi connectivity index (χ3v) is 7.93. The van der Waals surface area contributed by atoms with Crippen molar-refractivity contribution in [1.82, 2.24) is 14.8 Å². The molecule has 0 spiro atoms. The van der Waals surface area contributed by atoms with Crippen LogP contribution in [-0.4, -0.2) is 47.7 Å². The number of aryl methyl sites for hydroxylation is 2. The molecule has 8 heteroatoms. The van der Waals surface area contributed by atoms with E-state index in [0.29, 0.717) is 32.5 Å². The molecule has 4 rings (SSSR count). The minimum absolute atomic E-state index is 0.0544. The number of likely N-dealkylation sites (tertiary alicyclic amines) is 1. The second-order valence-electron chi connectivity index (χ2n) is 11.8. The molecule has 1 aliphatic rings. The normalized spacial score (nSPS) is 16.8. The summed E-state index contributed by atoms with van der Waals surface area (Å²) >= 11 is 0. The van der Waals surface area contributed by atoms with E-state index in [1.807, 2.05) is 49.1 Å². The molecule has 1 saturated heterocycles. The van der Waals surface area contributed by atoms with Crippen molar-refractivity contribution in [3.63, 3.8) is 0 Å². The standard InChI is InChI=1S/C34H42FN3O4/c1-22(2)16-30(38-20-25(12-13-31(38)39)19-37-15-14-28(35)21-37)34(41)36-29(18-32(40)42-5)26-10-7-11-27(17-26)33-23(3)8-6-9-24(33)4/h6-13,17,20,22,28-30H,14-16,18-19,21H2,1-5H3,(H,36,41)/t28-,29+,30?/m1/s1. The minimum Gasteiger partial charge on any atom is -0.469 e. The van der Waals surface area contributed by atoms with Gasteiger partial charge in [0, 0.05) is 31.9 Å². The maximum absolute atomic E-state index is 14.0. The number of aromatic nitrogens is 1. The van der Waals surface area contributed by atoms with Gasteiger partial charge in [-0.1, -0.05) is 56.3 Å². The first kappa shape index (κ1) is 31.2. The van der Waals surface area contributed by atoms with Gasteiger partial charge in [0.05, 0.1) is 19.6 Å². The summed E-state index contributed by atoms with van der Waals surface area (Å²) in [6.07, 6.45) is 1.76. The van der Waals surface area contributed by atoms with E-state index in [4.69, 9.17) is 4.74 Å². The van der Waals surface area contributed by atoms with E-state index in [1.165, 1.54) is 17.7 Å². The molecule has 1 amide bonds. The van der Waals surface area contributed by atoms with Gasteiger partial charge in [0.15, 0.2) is 0 Å². The number of esters is 1. The molecule has 0 radical (unpaired) electrons. The number of hydrogen-bond acceptors (Lipinski definition) is 5. The molecule has 7 nitrogen and oxygen atoms in total. The lowest BCUT2D eigenvalue weighted by atomic mass is 9.92. The summed E-state index contributed by atoms with van der Waals surface area (Å²) in [5.74, 6) is -0.679. The Morgan fingerprint density at radius 3 is 2.43 bits per heavy atom. The van der Waals surface area contributed by atoms with Crippen molar-refractivity contribution >= 4 is 11.9 Å². The first-order valence-electron chi connectivity index (χ1n) is 14.7. The fraction of sp³-hybridized carbons (Fsp3) is 0.441. The van der Waals surface area contributed by atoms with Crippen molar-refractivity contribution in [2.45, 2.75) is 71.8 Å². The molecule has 0 aliphatic carbocycles. The summed E-state index contributed by atoms with van der Waals surface area (Å²) in [5, 5.41) is 3.08. The van der Waals surface area contributed by atoms with Gasteiger partial charge in [-0.3, -0.25) is 19.3 Å². The number of rotatable bonds is 11. The Hall–Kier alpha value is -3.78. The van der Waals surface area contributed by atoms with Crippen LogP contribution in [0, 0.1) is 19.8 Å². The first-order chi connectivity index (χ1) is 20.0. The monoisotopic (exact) mass is 575 g/mol. The van der Waals surface area contributed by atoms with E-state index < -0.39 is 24.2 Å². The van der Waals surface area contributed by atoms with Crippen LogP contribution in [0.3, 0.4) is 0 Å². The Labute approximate surface area is 247 Å². The molecule has 1 aromatic heterocycles. The lowest BCUT2D eigenvalue weighted by Crippen LogP contribution is -2.40. The summed E-state index contributed by atoms with van der Waals surface area (Å²) in [5.41, 5.74) is 5.70. The topological polar surface area (TPSA) is 80.6 Å². The molecule has 42 heavy (non-hydrogen) atoms. The molecule has 0 bridgehead atoms. The van der Waals surface area contributed by atoms with E-state index >= 15 is 0 Å². The molecule has 1 unspecified atom stereocenters. The highest BCUT2D eigenvalue weighted by atomic mass is 19.1. The zero-order valence-electron chi connectivity index (χ0n) is 25.2. The molecule has 0 saturated carbocycles. The van der Waals surface area contributed by atoms with Crippen LogP contribution in [0.25, 0.3) is 11.1 Å². The van der Waals surface area contributed by atoms with Crippen molar-refractivity contribution in [2.75, 3.05) is 20.2 Å². The fourth-order valence-corrected chi connectivity index (χ4v) is 5.82. The van der Waals surface area contributed by atoms with Gasteiger partial charge in [-0.15, -0.1) is 0 Å². The van der Waals surface area contributed by atoms with Gasteiger partial charge >= 0.3 is 5.97 Å². The molecule has 2 aromatic carbocycles. The Morgan fingerprint density at radius 2 is 1.79 bits per heavy atom. The van der Waals surface area contributed by atoms with Gasteiger partial charge < -0.3 is 14.6 Å². The number of carbonyl (C=O) groups excluding carboxylic acids is 2. The van der Waals surface area contributed by atoms with E-state index in [2.05, 4.69) is 31.3 Å². The fourth-order valence-electron chi connectivity index (χ4n) is 5.82. The maximum atomic E-state index is 14.0. The Morgan fingerprint density at radius 1 is 1.07 bits per heavy atom. The number of methoxy groups -OCH3 is 1. The third-order valence-electron chi connectivity index (χ3n) is 7.93. The average Bonchev–Trinajstić information content (AvgIpc) is 3.36. The number of benzene rings is 2. The number of ether oxygens (including phenoxy) is 1. The van der Waals surface area contributed by atoms with Gasteiger partial charge in [0.25, 0.3) is 5.56 Å². The highest BCUT2D eigenvalue weighted by molar-refractivity contribution is 5.82. The molecular formula is C34H42FN3O4. The summed E-state index contributed by atoms with van der Waals surface area (Å²) in [4.78, 5) is 41.5. The SMILES string of the molecule is COC(=O)C[C@H](NC(=O)C(CC(C)C)n1cc(CN2CC[C@@H](F)C2)ccc1=O)c1cccc(-c2c(C)cccc2C)c1. The molecule has 3 aromatic rings. The smallest absolute Gasteiger partial charge is 0.307 e. The number of amides is 1. The Bertz CT molecular complexity index is 1450. The molecule has 3 atom stereocenters. The Kier molecular flexibility index (Phi) is 10.3. The van der Waals surface area contributed by atoms with Crippen LogP contribution < -0.4 is 10.9 Å². The summed E-state index contributed by atoms with van der Waals surface area (Å²) in [7, 11) is 1.33. The van der Waals surface area contributed by atoms with Crippen LogP contribution in [0.15, 0.2) is 65.6 Å².